The molecule has 1 aromatic carbocycles. The van der Waals surface area contributed by atoms with Gasteiger partial charge in [0.05, 0.1) is 5.56 Å². The first kappa shape index (κ1) is 15.3. The van der Waals surface area contributed by atoms with E-state index in [9.17, 15) is 18.0 Å². The van der Waals surface area contributed by atoms with Crippen molar-refractivity contribution in [3.63, 3.8) is 0 Å². The molecule has 104 valence electrons. The van der Waals surface area contributed by atoms with Gasteiger partial charge in [-0.3, -0.25) is 4.79 Å². The van der Waals surface area contributed by atoms with Gasteiger partial charge < -0.3 is 4.74 Å². The first-order valence-electron chi connectivity index (χ1n) is 5.74. The number of benzene rings is 1. The lowest BCUT2D eigenvalue weighted by atomic mass is 10.1. The van der Waals surface area contributed by atoms with Crippen molar-refractivity contribution in [2.75, 3.05) is 6.61 Å². The van der Waals surface area contributed by atoms with Crippen LogP contribution in [-0.4, -0.2) is 12.6 Å². The number of carbonyl (C=O) groups excluding carboxylic acids is 1. The number of rotatable bonds is 4. The number of hydrogen-bond acceptors (Lipinski definition) is 2. The molecular weight excluding hydrogens is 257 g/mol. The van der Waals surface area contributed by atoms with Crippen LogP contribution in [0.15, 0.2) is 35.9 Å². The van der Waals surface area contributed by atoms with Gasteiger partial charge >= 0.3 is 12.1 Å². The van der Waals surface area contributed by atoms with Gasteiger partial charge in [-0.05, 0) is 36.6 Å². The van der Waals surface area contributed by atoms with Crippen LogP contribution in [0.4, 0.5) is 13.2 Å². The topological polar surface area (TPSA) is 26.3 Å². The summed E-state index contributed by atoms with van der Waals surface area (Å²) in [5.41, 5.74) is 0.974. The Morgan fingerprint density at radius 3 is 2.26 bits per heavy atom. The summed E-state index contributed by atoms with van der Waals surface area (Å²) in [5, 5.41) is 0. The molecule has 0 bridgehead atoms. The molecule has 0 aliphatic carbocycles. The number of carbonyl (C=O) groups is 1. The fourth-order valence-corrected chi connectivity index (χ4v) is 1.40. The number of halogens is 3. The molecule has 0 N–H and O–H groups in total. The Hall–Kier alpha value is -1.78. The summed E-state index contributed by atoms with van der Waals surface area (Å²) >= 11 is 0. The van der Waals surface area contributed by atoms with Crippen LogP contribution in [0.3, 0.4) is 0 Å². The van der Waals surface area contributed by atoms with E-state index in [1.165, 1.54) is 19.1 Å². The molecule has 0 spiro atoms. The summed E-state index contributed by atoms with van der Waals surface area (Å²) in [5.74, 6) is -0.359. The van der Waals surface area contributed by atoms with Gasteiger partial charge in [0.2, 0.25) is 0 Å². The predicted octanol–water partition coefficient (Wildman–Crippen LogP) is 3.76. The van der Waals surface area contributed by atoms with E-state index in [-0.39, 0.29) is 12.6 Å². The first-order chi connectivity index (χ1) is 8.79. The van der Waals surface area contributed by atoms with Crippen molar-refractivity contribution >= 4 is 5.97 Å². The second-order valence-electron chi connectivity index (χ2n) is 4.23. The van der Waals surface area contributed by atoms with Crippen LogP contribution in [0.1, 0.15) is 25.0 Å². The standard InChI is InChI=1S/C14H15F3O2/c1-10(9-19-11(2)18)3-4-12-5-7-13(8-6-12)14(15,16)17/h3,5-8H,4,9H2,1-2H3/b10-3+. The predicted molar refractivity (Wildman–Crippen MR) is 65.5 cm³/mol. The van der Waals surface area contributed by atoms with Gasteiger partial charge in [0.1, 0.15) is 6.61 Å². The van der Waals surface area contributed by atoms with E-state index in [4.69, 9.17) is 4.74 Å². The Kier molecular flexibility index (Phi) is 5.15. The summed E-state index contributed by atoms with van der Waals surface area (Å²) < 4.78 is 41.8. The third kappa shape index (κ3) is 5.59. The minimum absolute atomic E-state index is 0.204. The van der Waals surface area contributed by atoms with E-state index in [0.29, 0.717) is 6.42 Å². The van der Waals surface area contributed by atoms with Crippen LogP contribution in [0.2, 0.25) is 0 Å². The highest BCUT2D eigenvalue weighted by molar-refractivity contribution is 5.66. The SMILES string of the molecule is CC(=O)OC/C(C)=C/Cc1ccc(C(F)(F)F)cc1. The molecule has 0 amide bonds. The van der Waals surface area contributed by atoms with Gasteiger partial charge in [-0.1, -0.05) is 18.2 Å². The molecule has 0 radical (unpaired) electrons. The van der Waals surface area contributed by atoms with E-state index < -0.39 is 11.7 Å². The molecule has 0 aliphatic rings. The Morgan fingerprint density at radius 2 is 1.79 bits per heavy atom. The van der Waals surface area contributed by atoms with Crippen molar-refractivity contribution in [1.82, 2.24) is 0 Å². The highest BCUT2D eigenvalue weighted by Crippen LogP contribution is 2.29. The van der Waals surface area contributed by atoms with E-state index in [1.54, 1.807) is 6.92 Å². The number of allylic oxidation sites excluding steroid dienone is 1. The molecular formula is C14H15F3O2. The zero-order valence-corrected chi connectivity index (χ0v) is 10.8. The van der Waals surface area contributed by atoms with Gasteiger partial charge in [-0.25, -0.2) is 0 Å². The summed E-state index contributed by atoms with van der Waals surface area (Å²) in [7, 11) is 0. The first-order valence-corrected chi connectivity index (χ1v) is 5.74. The van der Waals surface area contributed by atoms with Crippen LogP contribution in [0.25, 0.3) is 0 Å². The highest BCUT2D eigenvalue weighted by atomic mass is 19.4. The lowest BCUT2D eigenvalue weighted by Crippen LogP contribution is -2.04. The fourth-order valence-electron chi connectivity index (χ4n) is 1.40. The summed E-state index contributed by atoms with van der Waals surface area (Å²) in [6.07, 6.45) is -1.98. The Bertz CT molecular complexity index is 459. The molecule has 2 nitrogen and oxygen atoms in total. The van der Waals surface area contributed by atoms with Gasteiger partial charge in [0.15, 0.2) is 0 Å². The molecule has 0 saturated carbocycles. The molecule has 5 heteroatoms. The van der Waals surface area contributed by atoms with Crippen LogP contribution in [0.5, 0.6) is 0 Å². The van der Waals surface area contributed by atoms with Crippen molar-refractivity contribution < 1.29 is 22.7 Å². The molecule has 0 saturated heterocycles. The second kappa shape index (κ2) is 6.41. The zero-order chi connectivity index (χ0) is 14.5. The van der Waals surface area contributed by atoms with E-state index in [2.05, 4.69) is 0 Å². The lowest BCUT2D eigenvalue weighted by molar-refractivity contribution is -0.140. The van der Waals surface area contributed by atoms with Crippen molar-refractivity contribution in [3.05, 3.63) is 47.0 Å². The number of alkyl halides is 3. The van der Waals surface area contributed by atoms with E-state index in [0.717, 1.165) is 23.3 Å². The van der Waals surface area contributed by atoms with Crippen molar-refractivity contribution in [2.24, 2.45) is 0 Å². The van der Waals surface area contributed by atoms with Gasteiger partial charge in [0.25, 0.3) is 0 Å². The summed E-state index contributed by atoms with van der Waals surface area (Å²) in [6.45, 7) is 3.33. The maximum atomic E-state index is 12.3. The smallest absolute Gasteiger partial charge is 0.416 e. The second-order valence-corrected chi connectivity index (χ2v) is 4.23. The molecule has 0 unspecified atom stereocenters. The van der Waals surface area contributed by atoms with Crippen molar-refractivity contribution in [3.8, 4) is 0 Å². The maximum Gasteiger partial charge on any atom is 0.416 e. The molecule has 1 aromatic rings. The number of esters is 1. The van der Waals surface area contributed by atoms with E-state index >= 15 is 0 Å². The molecule has 0 aromatic heterocycles. The van der Waals surface area contributed by atoms with Crippen molar-refractivity contribution in [2.45, 2.75) is 26.4 Å². The Balaban J connectivity index is 2.59. The normalized spacial score (nSPS) is 12.4. The third-order valence-electron chi connectivity index (χ3n) is 2.47. The number of hydrogen-bond donors (Lipinski definition) is 0. The lowest BCUT2D eigenvalue weighted by Gasteiger charge is -2.07. The van der Waals surface area contributed by atoms with E-state index in [1.807, 2.05) is 6.08 Å². The molecule has 0 aliphatic heterocycles. The minimum Gasteiger partial charge on any atom is -0.461 e. The summed E-state index contributed by atoms with van der Waals surface area (Å²) in [6, 6.07) is 5.01. The number of ether oxygens (including phenoxy) is 1. The summed E-state index contributed by atoms with van der Waals surface area (Å²) in [4.78, 5) is 10.6. The quantitative estimate of drug-likeness (QED) is 0.616. The highest BCUT2D eigenvalue weighted by Gasteiger charge is 2.29. The molecule has 0 heterocycles. The minimum atomic E-state index is -4.31. The fraction of sp³-hybridized carbons (Fsp3) is 0.357. The van der Waals surface area contributed by atoms with Crippen LogP contribution in [0, 0.1) is 0 Å². The third-order valence-corrected chi connectivity index (χ3v) is 2.47. The van der Waals surface area contributed by atoms with Gasteiger partial charge in [0, 0.05) is 6.92 Å². The van der Waals surface area contributed by atoms with Gasteiger partial charge in [-0.2, -0.15) is 13.2 Å². The molecule has 19 heavy (non-hydrogen) atoms. The van der Waals surface area contributed by atoms with Crippen LogP contribution in [-0.2, 0) is 22.1 Å². The van der Waals surface area contributed by atoms with Gasteiger partial charge in [-0.15, -0.1) is 0 Å². The maximum absolute atomic E-state index is 12.3. The largest absolute Gasteiger partial charge is 0.461 e. The molecule has 0 fully saturated rings. The molecule has 0 atom stereocenters. The monoisotopic (exact) mass is 272 g/mol. The Morgan fingerprint density at radius 1 is 1.21 bits per heavy atom. The van der Waals surface area contributed by atoms with Crippen LogP contribution < -0.4 is 0 Å². The Labute approximate surface area is 109 Å². The average molecular weight is 272 g/mol. The van der Waals surface area contributed by atoms with Crippen LogP contribution >= 0.6 is 0 Å². The van der Waals surface area contributed by atoms with Crippen molar-refractivity contribution in [1.29, 1.82) is 0 Å². The zero-order valence-electron chi connectivity index (χ0n) is 10.8. The molecule has 1 rings (SSSR count). The average Bonchev–Trinajstić information content (AvgIpc) is 2.33.